The van der Waals surface area contributed by atoms with E-state index < -0.39 is 0 Å². The van der Waals surface area contributed by atoms with E-state index in [1.807, 2.05) is 29.2 Å². The van der Waals surface area contributed by atoms with E-state index in [0.717, 1.165) is 30.8 Å². The van der Waals surface area contributed by atoms with Crippen molar-refractivity contribution in [2.24, 2.45) is 5.92 Å². The Hall–Kier alpha value is -2.08. The molecule has 3 rings (SSSR count). The minimum atomic E-state index is -0.246. The molecule has 1 saturated heterocycles. The molecule has 6 nitrogen and oxygen atoms in total. The molecule has 0 unspecified atom stereocenters. The van der Waals surface area contributed by atoms with E-state index in [9.17, 15) is 9.59 Å². The van der Waals surface area contributed by atoms with E-state index in [1.54, 1.807) is 7.11 Å². The van der Waals surface area contributed by atoms with Crippen molar-refractivity contribution in [1.29, 1.82) is 0 Å². The first kappa shape index (κ1) is 17.7. The summed E-state index contributed by atoms with van der Waals surface area (Å²) >= 11 is 0. The molecule has 6 heteroatoms. The van der Waals surface area contributed by atoms with Crippen LogP contribution in [-0.4, -0.2) is 49.0 Å². The lowest BCUT2D eigenvalue weighted by Gasteiger charge is -2.24. The molecule has 1 aromatic carbocycles. The van der Waals surface area contributed by atoms with Crippen LogP contribution in [0.15, 0.2) is 24.3 Å². The normalized spacial score (nSPS) is 21.6. The summed E-state index contributed by atoms with van der Waals surface area (Å²) in [6.45, 7) is 3.14. The highest BCUT2D eigenvalue weighted by Gasteiger charge is 2.33. The molecule has 1 aliphatic carbocycles. The number of rotatable bonds is 7. The molecule has 2 amide bonds. The highest BCUT2D eigenvalue weighted by Crippen LogP contribution is 2.32. The number of carbonyl (C=O) groups is 2. The van der Waals surface area contributed by atoms with E-state index in [4.69, 9.17) is 4.74 Å². The molecule has 0 bridgehead atoms. The fourth-order valence-corrected chi connectivity index (χ4v) is 3.41. The maximum absolute atomic E-state index is 12.6. The highest BCUT2D eigenvalue weighted by atomic mass is 16.5. The Kier molecular flexibility index (Phi) is 5.58. The van der Waals surface area contributed by atoms with Gasteiger partial charge < -0.3 is 15.4 Å². The van der Waals surface area contributed by atoms with Crippen LogP contribution in [0.2, 0.25) is 0 Å². The Morgan fingerprint density at radius 1 is 1.24 bits per heavy atom. The molecule has 0 spiro atoms. The third kappa shape index (κ3) is 4.72. The van der Waals surface area contributed by atoms with E-state index in [0.29, 0.717) is 5.92 Å². The molecular weight excluding hydrogens is 318 g/mol. The van der Waals surface area contributed by atoms with Crippen molar-refractivity contribution in [3.8, 4) is 5.75 Å². The molecular formula is C19H27N3O3. The molecule has 1 aliphatic heterocycles. The highest BCUT2D eigenvalue weighted by molar-refractivity contribution is 5.95. The minimum absolute atomic E-state index is 0.0172. The summed E-state index contributed by atoms with van der Waals surface area (Å²) in [5, 5.41) is 6.00. The molecule has 2 aliphatic rings. The molecule has 2 N–H and O–H groups in total. The predicted octanol–water partition coefficient (Wildman–Crippen LogP) is 2.01. The first-order chi connectivity index (χ1) is 12.1. The van der Waals surface area contributed by atoms with Crippen molar-refractivity contribution in [1.82, 2.24) is 10.2 Å². The van der Waals surface area contributed by atoms with E-state index in [1.165, 1.54) is 12.8 Å². The maximum Gasteiger partial charge on any atom is 0.241 e. The summed E-state index contributed by atoms with van der Waals surface area (Å²) in [5.74, 6) is 1.35. The zero-order valence-corrected chi connectivity index (χ0v) is 15.0. The maximum atomic E-state index is 12.6. The number of hydrogen-bond donors (Lipinski definition) is 2. The molecule has 2 fully saturated rings. The number of amides is 2. The van der Waals surface area contributed by atoms with Crippen molar-refractivity contribution in [2.45, 2.75) is 44.7 Å². The van der Waals surface area contributed by atoms with Crippen molar-refractivity contribution in [3.05, 3.63) is 24.3 Å². The summed E-state index contributed by atoms with van der Waals surface area (Å²) < 4.78 is 5.12. The van der Waals surface area contributed by atoms with Crippen LogP contribution in [0, 0.1) is 5.92 Å². The lowest BCUT2D eigenvalue weighted by atomic mass is 10.2. The van der Waals surface area contributed by atoms with E-state index in [-0.39, 0.29) is 30.4 Å². The van der Waals surface area contributed by atoms with Gasteiger partial charge in [-0.05, 0) is 69.3 Å². The van der Waals surface area contributed by atoms with Gasteiger partial charge in [-0.2, -0.15) is 0 Å². The molecule has 0 radical (unpaired) electrons. The van der Waals surface area contributed by atoms with Gasteiger partial charge in [-0.25, -0.2) is 0 Å². The first-order valence-electron chi connectivity index (χ1n) is 9.05. The summed E-state index contributed by atoms with van der Waals surface area (Å²) in [5.41, 5.74) is 0.740. The molecule has 0 aromatic heterocycles. The second kappa shape index (κ2) is 7.87. The molecule has 2 atom stereocenters. The first-order valence-corrected chi connectivity index (χ1v) is 9.05. The fraction of sp³-hybridized carbons (Fsp3) is 0.579. The Morgan fingerprint density at radius 3 is 2.60 bits per heavy atom. The van der Waals surface area contributed by atoms with Gasteiger partial charge in [-0.15, -0.1) is 0 Å². The Balaban J connectivity index is 1.52. The summed E-state index contributed by atoms with van der Waals surface area (Å²) in [6, 6.07) is 7.26. The largest absolute Gasteiger partial charge is 0.497 e. The number of anilines is 1. The standard InChI is InChI=1S/C19H27N3O3/c1-13(14-5-6-14)20-18(23)12-22-11-3-4-17(22)19(24)21-15-7-9-16(25-2)10-8-15/h7-10,13-14,17H,3-6,11-12H2,1-2H3,(H,20,23)(H,21,24)/t13-,17-/m0/s1. The summed E-state index contributed by atoms with van der Waals surface area (Å²) in [6.07, 6.45) is 4.13. The van der Waals surface area contributed by atoms with Gasteiger partial charge in [0.1, 0.15) is 5.75 Å². The van der Waals surface area contributed by atoms with Crippen molar-refractivity contribution >= 4 is 17.5 Å². The number of carbonyl (C=O) groups excluding carboxylic acids is 2. The monoisotopic (exact) mass is 345 g/mol. The lowest BCUT2D eigenvalue weighted by molar-refractivity contribution is -0.125. The van der Waals surface area contributed by atoms with E-state index in [2.05, 4.69) is 17.6 Å². The van der Waals surface area contributed by atoms with Gasteiger partial charge in [0.25, 0.3) is 0 Å². The average Bonchev–Trinajstić information content (AvgIpc) is 3.35. The predicted molar refractivity (Wildman–Crippen MR) is 96.5 cm³/mol. The number of nitrogens with one attached hydrogen (secondary N) is 2. The number of methoxy groups -OCH3 is 1. The van der Waals surface area contributed by atoms with Crippen molar-refractivity contribution < 1.29 is 14.3 Å². The molecule has 136 valence electrons. The fourth-order valence-electron chi connectivity index (χ4n) is 3.41. The van der Waals surface area contributed by atoms with Crippen LogP contribution in [0.25, 0.3) is 0 Å². The van der Waals surface area contributed by atoms with Crippen LogP contribution < -0.4 is 15.4 Å². The van der Waals surface area contributed by atoms with Crippen LogP contribution >= 0.6 is 0 Å². The molecule has 25 heavy (non-hydrogen) atoms. The second-order valence-corrected chi connectivity index (χ2v) is 7.04. The van der Waals surface area contributed by atoms with Gasteiger partial charge in [-0.3, -0.25) is 14.5 Å². The topological polar surface area (TPSA) is 70.7 Å². The molecule has 1 aromatic rings. The number of hydrogen-bond acceptors (Lipinski definition) is 4. The van der Waals surface area contributed by atoms with E-state index >= 15 is 0 Å². The molecule has 1 heterocycles. The quantitative estimate of drug-likeness (QED) is 0.793. The van der Waals surface area contributed by atoms with Gasteiger partial charge in [0.2, 0.25) is 11.8 Å². The number of likely N-dealkylation sites (tertiary alicyclic amines) is 1. The van der Waals surface area contributed by atoms with Gasteiger partial charge >= 0.3 is 0 Å². The number of benzene rings is 1. The Labute approximate surface area is 148 Å². The lowest BCUT2D eigenvalue weighted by Crippen LogP contribution is -2.46. The smallest absolute Gasteiger partial charge is 0.241 e. The molecule has 1 saturated carbocycles. The van der Waals surface area contributed by atoms with Crippen LogP contribution in [0.4, 0.5) is 5.69 Å². The summed E-state index contributed by atoms with van der Waals surface area (Å²) in [7, 11) is 1.61. The Morgan fingerprint density at radius 2 is 1.96 bits per heavy atom. The zero-order chi connectivity index (χ0) is 17.8. The van der Waals surface area contributed by atoms with Crippen LogP contribution in [0.1, 0.15) is 32.6 Å². The van der Waals surface area contributed by atoms with Gasteiger partial charge in [0.05, 0.1) is 19.7 Å². The van der Waals surface area contributed by atoms with Crippen molar-refractivity contribution in [2.75, 3.05) is 25.5 Å². The number of nitrogens with zero attached hydrogens (tertiary/aromatic N) is 1. The van der Waals surface area contributed by atoms with Crippen LogP contribution in [-0.2, 0) is 9.59 Å². The third-order valence-corrected chi connectivity index (χ3v) is 5.09. The van der Waals surface area contributed by atoms with Gasteiger partial charge in [0, 0.05) is 11.7 Å². The van der Waals surface area contributed by atoms with Crippen LogP contribution in [0.5, 0.6) is 5.75 Å². The number of ether oxygens (including phenoxy) is 1. The minimum Gasteiger partial charge on any atom is -0.497 e. The SMILES string of the molecule is COc1ccc(NC(=O)[C@@H]2CCCN2CC(=O)N[C@@H](C)C2CC2)cc1. The zero-order valence-electron chi connectivity index (χ0n) is 15.0. The average molecular weight is 345 g/mol. The summed E-state index contributed by atoms with van der Waals surface area (Å²) in [4.78, 5) is 26.8. The van der Waals surface area contributed by atoms with Gasteiger partial charge in [-0.1, -0.05) is 0 Å². The van der Waals surface area contributed by atoms with Crippen LogP contribution in [0.3, 0.4) is 0 Å². The van der Waals surface area contributed by atoms with Crippen molar-refractivity contribution in [3.63, 3.8) is 0 Å². The van der Waals surface area contributed by atoms with Gasteiger partial charge in [0.15, 0.2) is 0 Å². The Bertz CT molecular complexity index is 613. The third-order valence-electron chi connectivity index (χ3n) is 5.09. The second-order valence-electron chi connectivity index (χ2n) is 7.04.